The lowest BCUT2D eigenvalue weighted by atomic mass is 10.2. The number of hydrogen-bond acceptors (Lipinski definition) is 3. The van der Waals surface area contributed by atoms with Crippen LogP contribution in [0.1, 0.15) is 25.7 Å². The zero-order chi connectivity index (χ0) is 12.1. The molecule has 0 radical (unpaired) electrons. The van der Waals surface area contributed by atoms with Crippen molar-refractivity contribution in [3.05, 3.63) is 0 Å². The highest BCUT2D eigenvalue weighted by Gasteiger charge is 1.98. The minimum atomic E-state index is 0.0262. The molecule has 1 amide bonds. The van der Waals surface area contributed by atoms with Crippen molar-refractivity contribution >= 4 is 5.91 Å². The average Bonchev–Trinajstić information content (AvgIpc) is 2.30. The van der Waals surface area contributed by atoms with Crippen LogP contribution in [0.5, 0.6) is 0 Å². The molecule has 0 saturated carbocycles. The molecule has 1 N–H and O–H groups in total. The Bertz CT molecular complexity index is 211. The molecule has 0 bridgehead atoms. The first-order valence-corrected chi connectivity index (χ1v) is 5.58. The van der Waals surface area contributed by atoms with Gasteiger partial charge in [0.15, 0.2) is 0 Å². The van der Waals surface area contributed by atoms with E-state index in [1.165, 1.54) is 0 Å². The second-order valence-corrected chi connectivity index (χ2v) is 3.40. The van der Waals surface area contributed by atoms with E-state index in [1.807, 2.05) is 0 Å². The molecule has 4 nitrogen and oxygen atoms in total. The summed E-state index contributed by atoms with van der Waals surface area (Å²) in [4.78, 5) is 11.1. The smallest absolute Gasteiger partial charge is 0.220 e. The zero-order valence-corrected chi connectivity index (χ0v) is 9.96. The van der Waals surface area contributed by atoms with E-state index in [2.05, 4.69) is 11.2 Å². The number of terminal acetylenes is 1. The van der Waals surface area contributed by atoms with Gasteiger partial charge >= 0.3 is 0 Å². The Morgan fingerprint density at radius 3 is 2.75 bits per heavy atom. The van der Waals surface area contributed by atoms with E-state index >= 15 is 0 Å². The number of methoxy groups -OCH3 is 1. The molecule has 0 aromatic heterocycles. The fourth-order valence-corrected chi connectivity index (χ4v) is 1.15. The molecule has 0 aromatic rings. The van der Waals surface area contributed by atoms with Gasteiger partial charge in [0, 0.05) is 20.1 Å². The van der Waals surface area contributed by atoms with Crippen molar-refractivity contribution in [3.63, 3.8) is 0 Å². The Hall–Kier alpha value is -1.05. The van der Waals surface area contributed by atoms with Crippen molar-refractivity contribution < 1.29 is 14.3 Å². The first-order chi connectivity index (χ1) is 7.81. The number of amides is 1. The topological polar surface area (TPSA) is 47.6 Å². The Morgan fingerprint density at radius 1 is 1.25 bits per heavy atom. The Morgan fingerprint density at radius 2 is 2.06 bits per heavy atom. The molecule has 16 heavy (non-hydrogen) atoms. The van der Waals surface area contributed by atoms with E-state index in [-0.39, 0.29) is 5.91 Å². The molecule has 0 atom stereocenters. The number of rotatable bonds is 10. The molecule has 0 spiro atoms. The monoisotopic (exact) mass is 227 g/mol. The summed E-state index contributed by atoms with van der Waals surface area (Å²) in [5.41, 5.74) is 0. The minimum Gasteiger partial charge on any atom is -0.382 e. The first-order valence-electron chi connectivity index (χ1n) is 5.58. The molecule has 0 unspecified atom stereocenters. The van der Waals surface area contributed by atoms with Gasteiger partial charge in [0.2, 0.25) is 5.91 Å². The molecule has 92 valence electrons. The van der Waals surface area contributed by atoms with Crippen molar-refractivity contribution in [1.29, 1.82) is 0 Å². The van der Waals surface area contributed by atoms with Gasteiger partial charge in [0.05, 0.1) is 19.8 Å². The van der Waals surface area contributed by atoms with Gasteiger partial charge in [-0.2, -0.15) is 0 Å². The van der Waals surface area contributed by atoms with Gasteiger partial charge in [-0.15, -0.1) is 6.42 Å². The Kier molecular flexibility index (Phi) is 11.2. The molecule has 0 aliphatic heterocycles. The maximum atomic E-state index is 11.1. The normalized spacial score (nSPS) is 9.75. The fraction of sp³-hybridized carbons (Fsp3) is 0.750. The van der Waals surface area contributed by atoms with Crippen molar-refractivity contribution in [1.82, 2.24) is 5.32 Å². The molecule has 0 aromatic carbocycles. The number of unbranched alkanes of at least 4 members (excludes halogenated alkanes) is 2. The lowest BCUT2D eigenvalue weighted by Crippen LogP contribution is -2.22. The second-order valence-electron chi connectivity index (χ2n) is 3.40. The summed E-state index contributed by atoms with van der Waals surface area (Å²) in [6.07, 6.45) is 8.41. The van der Waals surface area contributed by atoms with Crippen molar-refractivity contribution in [2.75, 3.05) is 33.5 Å². The van der Waals surface area contributed by atoms with Gasteiger partial charge in [0.1, 0.15) is 0 Å². The van der Waals surface area contributed by atoms with Crippen molar-refractivity contribution in [2.45, 2.75) is 25.7 Å². The van der Waals surface area contributed by atoms with Crippen LogP contribution in [-0.2, 0) is 14.3 Å². The highest BCUT2D eigenvalue weighted by Crippen LogP contribution is 1.99. The van der Waals surface area contributed by atoms with Gasteiger partial charge in [-0.3, -0.25) is 4.79 Å². The van der Waals surface area contributed by atoms with E-state index in [0.717, 1.165) is 25.9 Å². The van der Waals surface area contributed by atoms with Crippen molar-refractivity contribution in [3.8, 4) is 12.3 Å². The third-order valence-electron chi connectivity index (χ3n) is 2.01. The summed E-state index contributed by atoms with van der Waals surface area (Å²) in [5.74, 6) is 2.39. The number of nitrogens with one attached hydrogen (secondary N) is 1. The highest BCUT2D eigenvalue weighted by atomic mass is 16.5. The molecule has 0 fully saturated rings. The second kappa shape index (κ2) is 12.0. The van der Waals surface area contributed by atoms with Crippen LogP contribution in [0.25, 0.3) is 0 Å². The van der Waals surface area contributed by atoms with Gasteiger partial charge in [-0.1, -0.05) is 12.3 Å². The van der Waals surface area contributed by atoms with Crippen molar-refractivity contribution in [2.24, 2.45) is 0 Å². The summed E-state index contributed by atoms with van der Waals surface area (Å²) in [6, 6.07) is 0. The van der Waals surface area contributed by atoms with E-state index in [0.29, 0.717) is 26.2 Å². The van der Waals surface area contributed by atoms with Gasteiger partial charge in [-0.05, 0) is 12.8 Å². The summed E-state index contributed by atoms with van der Waals surface area (Å²) in [5, 5.41) is 2.63. The third kappa shape index (κ3) is 11.0. The van der Waals surface area contributed by atoms with E-state index in [4.69, 9.17) is 15.9 Å². The standard InChI is InChI=1S/C12H21NO3/c1-3-8-13-12(14)7-5-4-6-9-16-11-10-15-2/h1H,4-11H2,2H3,(H,13,14). The third-order valence-corrected chi connectivity index (χ3v) is 2.01. The van der Waals surface area contributed by atoms with E-state index in [9.17, 15) is 4.79 Å². The maximum absolute atomic E-state index is 11.1. The summed E-state index contributed by atoms with van der Waals surface area (Å²) in [7, 11) is 1.65. The van der Waals surface area contributed by atoms with Gasteiger partial charge in [0.25, 0.3) is 0 Å². The Balaban J connectivity index is 3.09. The molecule has 0 saturated heterocycles. The zero-order valence-electron chi connectivity index (χ0n) is 9.96. The highest BCUT2D eigenvalue weighted by molar-refractivity contribution is 5.76. The lowest BCUT2D eigenvalue weighted by molar-refractivity contribution is -0.120. The van der Waals surface area contributed by atoms with Crippen LogP contribution in [0, 0.1) is 12.3 Å². The largest absolute Gasteiger partial charge is 0.382 e. The molecule has 0 aliphatic rings. The van der Waals surface area contributed by atoms with E-state index < -0.39 is 0 Å². The Labute approximate surface area is 97.7 Å². The minimum absolute atomic E-state index is 0.0262. The number of ether oxygens (including phenoxy) is 2. The van der Waals surface area contributed by atoms with Gasteiger partial charge in [-0.25, -0.2) is 0 Å². The van der Waals surface area contributed by atoms with Crippen LogP contribution in [-0.4, -0.2) is 39.4 Å². The van der Waals surface area contributed by atoms with Crippen LogP contribution >= 0.6 is 0 Å². The lowest BCUT2D eigenvalue weighted by Gasteiger charge is -2.03. The molecular formula is C12H21NO3. The van der Waals surface area contributed by atoms with E-state index in [1.54, 1.807) is 7.11 Å². The quantitative estimate of drug-likeness (QED) is 0.446. The molecule has 4 heteroatoms. The summed E-state index contributed by atoms with van der Waals surface area (Å²) in [6.45, 7) is 2.32. The van der Waals surface area contributed by atoms with Crippen LogP contribution in [0.3, 0.4) is 0 Å². The first kappa shape index (κ1) is 14.9. The average molecular weight is 227 g/mol. The number of carbonyl (C=O) groups is 1. The molecule has 0 aliphatic carbocycles. The SMILES string of the molecule is C#CCNC(=O)CCCCCOCCOC. The molecule has 0 heterocycles. The van der Waals surface area contributed by atoms with Crippen LogP contribution in [0.15, 0.2) is 0 Å². The van der Waals surface area contributed by atoms with Crippen LogP contribution in [0.2, 0.25) is 0 Å². The molecular weight excluding hydrogens is 206 g/mol. The predicted molar refractivity (Wildman–Crippen MR) is 63.0 cm³/mol. The van der Waals surface area contributed by atoms with Crippen LogP contribution < -0.4 is 5.32 Å². The fourth-order valence-electron chi connectivity index (χ4n) is 1.15. The number of carbonyl (C=O) groups excluding carboxylic acids is 1. The predicted octanol–water partition coefficient (Wildman–Crippen LogP) is 0.959. The number of hydrogen-bond donors (Lipinski definition) is 1. The molecule has 0 rings (SSSR count). The summed E-state index contributed by atoms with van der Waals surface area (Å²) < 4.78 is 10.1. The van der Waals surface area contributed by atoms with Crippen LogP contribution in [0.4, 0.5) is 0 Å². The summed E-state index contributed by atoms with van der Waals surface area (Å²) >= 11 is 0. The van der Waals surface area contributed by atoms with Gasteiger partial charge < -0.3 is 14.8 Å². The maximum Gasteiger partial charge on any atom is 0.220 e.